The molecule has 2 nitrogen and oxygen atoms in total. The van der Waals surface area contributed by atoms with Crippen molar-refractivity contribution in [1.82, 2.24) is 4.98 Å². The van der Waals surface area contributed by atoms with Crippen molar-refractivity contribution in [3.63, 3.8) is 0 Å². The molecule has 1 aromatic heterocycles. The van der Waals surface area contributed by atoms with E-state index >= 15 is 0 Å². The van der Waals surface area contributed by atoms with E-state index in [1.54, 1.807) is 0 Å². The first-order valence-electron chi connectivity index (χ1n) is 5.52. The fourth-order valence-corrected chi connectivity index (χ4v) is 2.24. The number of aryl methyl sites for hydroxylation is 2. The number of aromatic amines is 1. The van der Waals surface area contributed by atoms with Gasteiger partial charge >= 0.3 is 0 Å². The topological polar surface area (TPSA) is 19.7 Å². The molecule has 0 amide bonds. The maximum atomic E-state index is 3.27. The van der Waals surface area contributed by atoms with Gasteiger partial charge in [0.25, 0.3) is 5.82 Å². The van der Waals surface area contributed by atoms with Gasteiger partial charge in [0.05, 0.1) is 6.54 Å². The fraction of sp³-hybridized carbons (Fsp3) is 0.727. The van der Waals surface area contributed by atoms with E-state index in [9.17, 15) is 0 Å². The minimum absolute atomic E-state index is 1.09. The second kappa shape index (κ2) is 6.93. The SMILES string of the molecule is CCSCCCC[n+]1cc[nH]c1CC. The molecule has 0 unspecified atom stereocenters. The largest absolute Gasteiger partial charge is 0.253 e. The highest BCUT2D eigenvalue weighted by Gasteiger charge is 2.06. The zero-order valence-corrected chi connectivity index (χ0v) is 10.1. The third-order valence-electron chi connectivity index (χ3n) is 2.33. The fourth-order valence-electron chi connectivity index (χ4n) is 1.54. The lowest BCUT2D eigenvalue weighted by molar-refractivity contribution is -0.703. The molecule has 1 N–H and O–H groups in total. The van der Waals surface area contributed by atoms with Gasteiger partial charge in [-0.2, -0.15) is 11.8 Å². The summed E-state index contributed by atoms with van der Waals surface area (Å²) in [7, 11) is 0. The maximum Gasteiger partial charge on any atom is 0.253 e. The zero-order chi connectivity index (χ0) is 10.2. The van der Waals surface area contributed by atoms with Crippen LogP contribution in [0.5, 0.6) is 0 Å². The Hall–Kier alpha value is -0.440. The predicted octanol–water partition coefficient (Wildman–Crippen LogP) is 2.40. The Balaban J connectivity index is 2.17. The first-order chi connectivity index (χ1) is 6.88. The Morgan fingerprint density at radius 3 is 2.93 bits per heavy atom. The van der Waals surface area contributed by atoms with Crippen LogP contribution < -0.4 is 4.57 Å². The molecule has 0 aromatic carbocycles. The number of hydrogen-bond donors (Lipinski definition) is 1. The van der Waals surface area contributed by atoms with E-state index in [-0.39, 0.29) is 0 Å². The van der Waals surface area contributed by atoms with Gasteiger partial charge in [-0.25, -0.2) is 9.55 Å². The van der Waals surface area contributed by atoms with Crippen LogP contribution in [0.25, 0.3) is 0 Å². The monoisotopic (exact) mass is 213 g/mol. The number of nitrogens with one attached hydrogen (secondary N) is 1. The molecule has 80 valence electrons. The van der Waals surface area contributed by atoms with Gasteiger partial charge in [0.1, 0.15) is 12.4 Å². The summed E-state index contributed by atoms with van der Waals surface area (Å²) in [6.07, 6.45) is 7.89. The second-order valence-corrected chi connectivity index (χ2v) is 4.75. The van der Waals surface area contributed by atoms with Gasteiger partial charge in [-0.1, -0.05) is 13.8 Å². The highest BCUT2D eigenvalue weighted by atomic mass is 32.2. The van der Waals surface area contributed by atoms with E-state index in [1.807, 2.05) is 18.0 Å². The van der Waals surface area contributed by atoms with Crippen molar-refractivity contribution < 1.29 is 4.57 Å². The van der Waals surface area contributed by atoms with Crippen LogP contribution in [0.4, 0.5) is 0 Å². The summed E-state index contributed by atoms with van der Waals surface area (Å²) in [6, 6.07) is 0. The lowest BCUT2D eigenvalue weighted by Gasteiger charge is -1.99. The first kappa shape index (κ1) is 11.6. The summed E-state index contributed by atoms with van der Waals surface area (Å²) in [5, 5.41) is 0. The van der Waals surface area contributed by atoms with Gasteiger partial charge in [-0.15, -0.1) is 0 Å². The van der Waals surface area contributed by atoms with Gasteiger partial charge in [0.2, 0.25) is 0 Å². The van der Waals surface area contributed by atoms with Crippen LogP contribution in [-0.4, -0.2) is 16.5 Å². The van der Waals surface area contributed by atoms with Crippen molar-refractivity contribution in [3.8, 4) is 0 Å². The Kier molecular flexibility index (Phi) is 5.76. The van der Waals surface area contributed by atoms with Crippen molar-refractivity contribution in [2.75, 3.05) is 11.5 Å². The number of imidazole rings is 1. The van der Waals surface area contributed by atoms with Crippen molar-refractivity contribution in [3.05, 3.63) is 18.2 Å². The minimum atomic E-state index is 1.09. The van der Waals surface area contributed by atoms with Crippen LogP contribution >= 0.6 is 11.8 Å². The summed E-state index contributed by atoms with van der Waals surface area (Å²) in [5.74, 6) is 3.90. The molecule has 0 radical (unpaired) electrons. The van der Waals surface area contributed by atoms with Gasteiger partial charge in [0, 0.05) is 6.42 Å². The number of thioether (sulfide) groups is 1. The standard InChI is InChI=1S/C11H20N2S/c1-3-11-12-7-9-13(11)8-5-6-10-14-4-2/h7,9H,3-6,8,10H2,1-2H3/p+1. The van der Waals surface area contributed by atoms with Crippen LogP contribution in [0.3, 0.4) is 0 Å². The molecule has 1 heterocycles. The lowest BCUT2D eigenvalue weighted by Crippen LogP contribution is -2.35. The van der Waals surface area contributed by atoms with Crippen LogP contribution in [-0.2, 0) is 13.0 Å². The van der Waals surface area contributed by atoms with Crippen LogP contribution in [0.15, 0.2) is 12.4 Å². The van der Waals surface area contributed by atoms with E-state index in [1.165, 1.54) is 30.2 Å². The molecule has 0 aliphatic heterocycles. The van der Waals surface area contributed by atoms with Crippen molar-refractivity contribution in [2.45, 2.75) is 39.7 Å². The van der Waals surface area contributed by atoms with Crippen molar-refractivity contribution in [2.24, 2.45) is 0 Å². The molecule has 0 bridgehead atoms. The number of rotatable bonds is 7. The molecule has 0 fully saturated rings. The minimum Gasteiger partial charge on any atom is -0.248 e. The molecule has 0 spiro atoms. The van der Waals surface area contributed by atoms with E-state index in [0.29, 0.717) is 0 Å². The highest BCUT2D eigenvalue weighted by Crippen LogP contribution is 2.03. The average molecular weight is 213 g/mol. The summed E-state index contributed by atoms with van der Waals surface area (Å²) in [6.45, 7) is 5.58. The molecule has 3 heteroatoms. The van der Waals surface area contributed by atoms with E-state index in [2.05, 4.69) is 29.6 Å². The summed E-state index contributed by atoms with van der Waals surface area (Å²) >= 11 is 2.04. The number of aromatic nitrogens is 2. The summed E-state index contributed by atoms with van der Waals surface area (Å²) in [4.78, 5) is 3.27. The van der Waals surface area contributed by atoms with E-state index in [4.69, 9.17) is 0 Å². The average Bonchev–Trinajstić information content (AvgIpc) is 2.65. The molecule has 0 aliphatic carbocycles. The predicted molar refractivity (Wildman–Crippen MR) is 62.6 cm³/mol. The first-order valence-corrected chi connectivity index (χ1v) is 6.67. The van der Waals surface area contributed by atoms with Crippen LogP contribution in [0.2, 0.25) is 0 Å². The normalized spacial score (nSPS) is 10.7. The molecule has 1 rings (SSSR count). The smallest absolute Gasteiger partial charge is 0.248 e. The van der Waals surface area contributed by atoms with Crippen molar-refractivity contribution >= 4 is 11.8 Å². The van der Waals surface area contributed by atoms with E-state index < -0.39 is 0 Å². The van der Waals surface area contributed by atoms with Gasteiger partial charge < -0.3 is 0 Å². The van der Waals surface area contributed by atoms with Gasteiger partial charge in [0.15, 0.2) is 0 Å². The highest BCUT2D eigenvalue weighted by molar-refractivity contribution is 7.99. The zero-order valence-electron chi connectivity index (χ0n) is 9.25. The number of H-pyrrole nitrogens is 1. The molecule has 0 saturated carbocycles. The molecule has 14 heavy (non-hydrogen) atoms. The molecule has 0 atom stereocenters. The molecule has 0 aliphatic rings. The Morgan fingerprint density at radius 1 is 1.36 bits per heavy atom. The molecular formula is C11H21N2S+. The van der Waals surface area contributed by atoms with Gasteiger partial charge in [-0.05, 0) is 24.3 Å². The Morgan fingerprint density at radius 2 is 2.21 bits per heavy atom. The number of nitrogens with zero attached hydrogens (tertiary/aromatic N) is 1. The Bertz CT molecular complexity index is 245. The summed E-state index contributed by atoms with van der Waals surface area (Å²) in [5.41, 5.74) is 0. The van der Waals surface area contributed by atoms with Crippen LogP contribution in [0, 0.1) is 0 Å². The lowest BCUT2D eigenvalue weighted by atomic mass is 10.3. The quantitative estimate of drug-likeness (QED) is 0.544. The third-order valence-corrected chi connectivity index (χ3v) is 3.31. The number of hydrogen-bond acceptors (Lipinski definition) is 1. The molecule has 1 aromatic rings. The van der Waals surface area contributed by atoms with Gasteiger partial charge in [-0.3, -0.25) is 0 Å². The summed E-state index contributed by atoms with van der Waals surface area (Å²) < 4.78 is 2.33. The maximum absolute atomic E-state index is 3.27. The molecular weight excluding hydrogens is 192 g/mol. The third kappa shape index (κ3) is 3.74. The second-order valence-electron chi connectivity index (χ2n) is 3.36. The number of unbranched alkanes of at least 4 members (excludes halogenated alkanes) is 1. The molecule has 0 saturated heterocycles. The Labute approximate surface area is 91.1 Å². The van der Waals surface area contributed by atoms with Crippen molar-refractivity contribution in [1.29, 1.82) is 0 Å². The van der Waals surface area contributed by atoms with E-state index in [0.717, 1.165) is 13.0 Å². The van der Waals surface area contributed by atoms with Crippen LogP contribution in [0.1, 0.15) is 32.5 Å².